The van der Waals surface area contributed by atoms with Gasteiger partial charge in [-0.3, -0.25) is 9.55 Å². The number of nitrogens with zero attached hydrogens (tertiary/aromatic N) is 4. The van der Waals surface area contributed by atoms with Crippen LogP contribution < -0.4 is 0 Å². The maximum absolute atomic E-state index is 6.69. The minimum absolute atomic E-state index is 0.132. The number of pyridine rings is 2. The van der Waals surface area contributed by atoms with E-state index in [-0.39, 0.29) is 11.3 Å². The van der Waals surface area contributed by atoms with Crippen LogP contribution in [-0.2, 0) is 11.8 Å². The van der Waals surface area contributed by atoms with Crippen LogP contribution >= 0.6 is 0 Å². The van der Waals surface area contributed by atoms with E-state index < -0.39 is 0 Å². The average Bonchev–Trinajstić information content (AvgIpc) is 3.81. The van der Waals surface area contributed by atoms with Gasteiger partial charge in [-0.2, -0.15) is 0 Å². The van der Waals surface area contributed by atoms with Gasteiger partial charge < -0.3 is 4.42 Å². The number of aromatic nitrogens is 4. The van der Waals surface area contributed by atoms with Crippen LogP contribution in [0.3, 0.4) is 0 Å². The fourth-order valence-corrected chi connectivity index (χ4v) is 7.40. The fraction of sp³-hybridized carbons (Fsp3) is 0.310. The maximum Gasteiger partial charge on any atom is 0.227 e. The molecular formula is C42H42N4O. The Morgan fingerprint density at radius 3 is 2.40 bits per heavy atom. The van der Waals surface area contributed by atoms with Crippen molar-refractivity contribution in [2.75, 3.05) is 0 Å². The molecule has 4 heterocycles. The molecule has 3 aromatic carbocycles. The predicted molar refractivity (Wildman–Crippen MR) is 193 cm³/mol. The van der Waals surface area contributed by atoms with Crippen molar-refractivity contribution in [3.05, 3.63) is 108 Å². The summed E-state index contributed by atoms with van der Waals surface area (Å²) in [5.74, 6) is 1.86. The van der Waals surface area contributed by atoms with Gasteiger partial charge in [0.2, 0.25) is 5.71 Å². The molecule has 5 nitrogen and oxygen atoms in total. The van der Waals surface area contributed by atoms with Crippen LogP contribution in [0.2, 0.25) is 0 Å². The van der Waals surface area contributed by atoms with Crippen molar-refractivity contribution in [1.29, 1.82) is 0 Å². The standard InChI is InChI=1S/C42H42N4O/c1-26(2)35-24-38-36(25-43-35)45-40(46(38)37-21-18-29(23-34(37)42(3,4)5)28-14-7-6-8-15-28)33-17-11-16-31-32-20-19-30(22-27-12-9-10-13-27)44-41(32)47-39(31)33/h6-8,11,14-21,23-27H,9-10,12-13,22H2,1-5H3. The van der Waals surface area contributed by atoms with E-state index in [1.165, 1.54) is 42.4 Å². The van der Waals surface area contributed by atoms with E-state index in [0.717, 1.165) is 68.2 Å². The van der Waals surface area contributed by atoms with Gasteiger partial charge in [-0.25, -0.2) is 9.97 Å². The second-order valence-electron chi connectivity index (χ2n) is 14.7. The Labute approximate surface area is 276 Å². The molecule has 0 saturated heterocycles. The van der Waals surface area contributed by atoms with Crippen molar-refractivity contribution in [3.8, 4) is 28.2 Å². The number of imidazole rings is 1. The number of fused-ring (bicyclic) bond motifs is 4. The van der Waals surface area contributed by atoms with Crippen molar-refractivity contribution in [3.63, 3.8) is 0 Å². The van der Waals surface area contributed by atoms with Crippen LogP contribution in [0.15, 0.2) is 95.5 Å². The largest absolute Gasteiger partial charge is 0.437 e. The Hall–Kier alpha value is -4.77. The van der Waals surface area contributed by atoms with Crippen molar-refractivity contribution in [2.24, 2.45) is 5.92 Å². The van der Waals surface area contributed by atoms with Gasteiger partial charge in [-0.1, -0.05) is 109 Å². The summed E-state index contributed by atoms with van der Waals surface area (Å²) >= 11 is 0. The first kappa shape index (κ1) is 29.6. The van der Waals surface area contributed by atoms with Gasteiger partial charge in [0.05, 0.1) is 23.0 Å². The number of para-hydroxylation sites is 1. The zero-order chi connectivity index (χ0) is 32.3. The number of furan rings is 1. The van der Waals surface area contributed by atoms with E-state index in [1.807, 2.05) is 6.20 Å². The lowest BCUT2D eigenvalue weighted by Crippen LogP contribution is -2.16. The van der Waals surface area contributed by atoms with Crippen molar-refractivity contribution >= 4 is 33.1 Å². The van der Waals surface area contributed by atoms with E-state index in [2.05, 4.69) is 124 Å². The molecule has 0 spiro atoms. The molecule has 0 radical (unpaired) electrons. The molecule has 5 heteroatoms. The Morgan fingerprint density at radius 1 is 0.830 bits per heavy atom. The van der Waals surface area contributed by atoms with E-state index >= 15 is 0 Å². The summed E-state index contributed by atoms with van der Waals surface area (Å²) in [6.45, 7) is 11.2. The van der Waals surface area contributed by atoms with Crippen LogP contribution in [0.1, 0.15) is 83.2 Å². The summed E-state index contributed by atoms with van der Waals surface area (Å²) in [5.41, 5.74) is 11.2. The Balaban J connectivity index is 1.36. The highest BCUT2D eigenvalue weighted by atomic mass is 16.3. The first-order valence-electron chi connectivity index (χ1n) is 17.1. The van der Waals surface area contributed by atoms with Crippen LogP contribution in [0.4, 0.5) is 0 Å². The highest BCUT2D eigenvalue weighted by Gasteiger charge is 2.26. The monoisotopic (exact) mass is 618 g/mol. The summed E-state index contributed by atoms with van der Waals surface area (Å²) < 4.78 is 9.02. The molecule has 4 aromatic heterocycles. The molecule has 0 N–H and O–H groups in total. The Kier molecular flexibility index (Phi) is 7.24. The molecule has 0 unspecified atom stereocenters. The van der Waals surface area contributed by atoms with Gasteiger partial charge in [-0.15, -0.1) is 0 Å². The third kappa shape index (κ3) is 5.32. The summed E-state index contributed by atoms with van der Waals surface area (Å²) in [6, 6.07) is 30.5. The molecular weight excluding hydrogens is 576 g/mol. The first-order valence-corrected chi connectivity index (χ1v) is 17.1. The lowest BCUT2D eigenvalue weighted by molar-refractivity contribution is 0.537. The normalized spacial score (nSPS) is 14.3. The molecule has 236 valence electrons. The lowest BCUT2D eigenvalue weighted by Gasteiger charge is -2.25. The molecule has 1 aliphatic carbocycles. The van der Waals surface area contributed by atoms with Gasteiger partial charge in [0, 0.05) is 22.2 Å². The van der Waals surface area contributed by atoms with Gasteiger partial charge in [0.25, 0.3) is 0 Å². The Bertz CT molecular complexity index is 2240. The summed E-state index contributed by atoms with van der Waals surface area (Å²) in [7, 11) is 0. The third-order valence-corrected chi connectivity index (χ3v) is 9.94. The number of rotatable bonds is 6. The predicted octanol–water partition coefficient (Wildman–Crippen LogP) is 11.2. The van der Waals surface area contributed by atoms with Crippen molar-refractivity contribution in [1.82, 2.24) is 19.5 Å². The molecule has 8 rings (SSSR count). The van der Waals surface area contributed by atoms with E-state index in [9.17, 15) is 0 Å². The number of hydrogen-bond acceptors (Lipinski definition) is 4. The first-order chi connectivity index (χ1) is 22.7. The second-order valence-corrected chi connectivity index (χ2v) is 14.7. The fourth-order valence-electron chi connectivity index (χ4n) is 7.40. The van der Waals surface area contributed by atoms with Crippen LogP contribution in [0.25, 0.3) is 61.3 Å². The highest BCUT2D eigenvalue weighted by Crippen LogP contribution is 2.41. The van der Waals surface area contributed by atoms with Crippen LogP contribution in [0.5, 0.6) is 0 Å². The van der Waals surface area contributed by atoms with Crippen molar-refractivity contribution in [2.45, 2.75) is 78.1 Å². The minimum Gasteiger partial charge on any atom is -0.437 e. The zero-order valence-corrected chi connectivity index (χ0v) is 28.0. The van der Waals surface area contributed by atoms with Gasteiger partial charge in [0.1, 0.15) is 16.9 Å². The maximum atomic E-state index is 6.69. The molecule has 7 aromatic rings. The van der Waals surface area contributed by atoms with Crippen LogP contribution in [-0.4, -0.2) is 19.5 Å². The Morgan fingerprint density at radius 2 is 1.64 bits per heavy atom. The van der Waals surface area contributed by atoms with Crippen molar-refractivity contribution < 1.29 is 4.42 Å². The number of hydrogen-bond donors (Lipinski definition) is 0. The lowest BCUT2D eigenvalue weighted by atomic mass is 9.83. The highest BCUT2D eigenvalue weighted by molar-refractivity contribution is 6.08. The molecule has 0 amide bonds. The molecule has 0 bridgehead atoms. The van der Waals surface area contributed by atoms with Gasteiger partial charge in [0.15, 0.2) is 0 Å². The van der Waals surface area contributed by atoms with Gasteiger partial charge >= 0.3 is 0 Å². The summed E-state index contributed by atoms with van der Waals surface area (Å²) in [5, 5.41) is 2.11. The molecule has 0 atom stereocenters. The van der Waals surface area contributed by atoms with E-state index in [1.54, 1.807) is 0 Å². The van der Waals surface area contributed by atoms with E-state index in [0.29, 0.717) is 5.71 Å². The van der Waals surface area contributed by atoms with E-state index in [4.69, 9.17) is 19.4 Å². The topological polar surface area (TPSA) is 56.7 Å². The molecule has 1 fully saturated rings. The average molecular weight is 619 g/mol. The molecule has 47 heavy (non-hydrogen) atoms. The molecule has 1 saturated carbocycles. The third-order valence-electron chi connectivity index (χ3n) is 9.94. The molecule has 0 aliphatic heterocycles. The van der Waals surface area contributed by atoms with Gasteiger partial charge in [-0.05, 0) is 76.8 Å². The SMILES string of the molecule is CC(C)c1cc2c(cn1)nc(-c1cccc3c1oc1nc(CC4CCCC4)ccc13)n2-c1ccc(-c2ccccc2)cc1C(C)(C)C. The second kappa shape index (κ2) is 11.5. The summed E-state index contributed by atoms with van der Waals surface area (Å²) in [4.78, 5) is 15.1. The zero-order valence-electron chi connectivity index (χ0n) is 28.0. The minimum atomic E-state index is -0.132. The summed E-state index contributed by atoms with van der Waals surface area (Å²) in [6.07, 6.45) is 8.22. The molecule has 1 aliphatic rings. The van der Waals surface area contributed by atoms with Crippen LogP contribution in [0, 0.1) is 5.92 Å². The number of benzene rings is 3. The smallest absolute Gasteiger partial charge is 0.227 e. The quantitative estimate of drug-likeness (QED) is 0.186.